The molecule has 0 bridgehead atoms. The summed E-state index contributed by atoms with van der Waals surface area (Å²) in [5.74, 6) is 0. The van der Waals surface area contributed by atoms with Gasteiger partial charge in [-0.05, 0) is 111 Å². The topological polar surface area (TPSA) is 6.48 Å². The van der Waals surface area contributed by atoms with Crippen LogP contribution >= 0.6 is 0 Å². The minimum Gasteiger partial charge on any atom is -0.309 e. The fourth-order valence-corrected chi connectivity index (χ4v) is 10.6. The standard InChI is InChI=1S/C66H48N2/c1-45-23-21-37-53(47-25-9-3-10-26-47)65(45)67(51-33-17-7-18-34-51)61-44-62(68(52-35-19-8-20-36-52)66-46(2)24-22-38-54(66)48-27-11-4-12-28-48)58-42-40-56-60(50-31-15-6-16-32-50)43-59(49-29-13-5-14-30-49)55-39-41-57(61)64(58)63(55)56/h3-44H,1-2H3. The summed E-state index contributed by atoms with van der Waals surface area (Å²) in [6, 6.07) is 93.3. The maximum Gasteiger partial charge on any atom is 0.0569 e. The Balaban J connectivity index is 1.29. The van der Waals surface area contributed by atoms with Gasteiger partial charge in [0.2, 0.25) is 0 Å². The maximum absolute atomic E-state index is 2.53. The molecule has 0 aliphatic rings. The Labute approximate surface area is 398 Å². The smallest absolute Gasteiger partial charge is 0.0569 e. The summed E-state index contributed by atoms with van der Waals surface area (Å²) in [6.07, 6.45) is 0. The van der Waals surface area contributed by atoms with Crippen LogP contribution in [0, 0.1) is 13.8 Å². The third kappa shape index (κ3) is 6.98. The van der Waals surface area contributed by atoms with Crippen molar-refractivity contribution in [1.29, 1.82) is 0 Å². The molecule has 322 valence electrons. The Hall–Kier alpha value is -8.72. The molecule has 0 aromatic heterocycles. The SMILES string of the molecule is Cc1cccc(-c2ccccc2)c1N(c1ccccc1)c1cc(N(c2ccccc2)c2c(C)cccc2-c2ccccc2)c2ccc3c(-c4ccccc4)cc(-c4ccccc4)c4ccc1c2c43. The summed E-state index contributed by atoms with van der Waals surface area (Å²) in [7, 11) is 0. The van der Waals surface area contributed by atoms with Crippen molar-refractivity contribution in [3.05, 3.63) is 266 Å². The molecule has 0 amide bonds. The molecule has 0 N–H and O–H groups in total. The molecule has 12 aromatic carbocycles. The van der Waals surface area contributed by atoms with Crippen molar-refractivity contribution in [1.82, 2.24) is 0 Å². The molecule has 12 rings (SSSR count). The molecule has 2 heteroatoms. The number of nitrogens with zero attached hydrogens (tertiary/aromatic N) is 2. The molecule has 12 aromatic rings. The third-order valence-electron chi connectivity index (χ3n) is 13.6. The molecule has 0 aliphatic carbocycles. The fraction of sp³-hybridized carbons (Fsp3) is 0.0303. The molecule has 0 saturated heterocycles. The Bertz CT molecular complexity index is 3480. The van der Waals surface area contributed by atoms with Gasteiger partial charge >= 0.3 is 0 Å². The van der Waals surface area contributed by atoms with Gasteiger partial charge in [-0.3, -0.25) is 0 Å². The Morgan fingerprint density at radius 2 is 0.559 bits per heavy atom. The highest BCUT2D eigenvalue weighted by atomic mass is 15.2. The number of hydrogen-bond acceptors (Lipinski definition) is 2. The first-order valence-corrected chi connectivity index (χ1v) is 23.5. The first-order valence-electron chi connectivity index (χ1n) is 23.5. The van der Waals surface area contributed by atoms with Gasteiger partial charge in [0.1, 0.15) is 0 Å². The van der Waals surface area contributed by atoms with E-state index >= 15 is 0 Å². The minimum atomic E-state index is 1.09. The summed E-state index contributed by atoms with van der Waals surface area (Å²) in [5.41, 5.74) is 18.5. The van der Waals surface area contributed by atoms with Crippen LogP contribution in [0.15, 0.2) is 255 Å². The molecule has 68 heavy (non-hydrogen) atoms. The first kappa shape index (κ1) is 40.8. The van der Waals surface area contributed by atoms with Crippen molar-refractivity contribution in [3.8, 4) is 44.5 Å². The summed E-state index contributed by atoms with van der Waals surface area (Å²) >= 11 is 0. The van der Waals surface area contributed by atoms with Crippen LogP contribution in [0.1, 0.15) is 11.1 Å². The second-order valence-electron chi connectivity index (χ2n) is 17.7. The van der Waals surface area contributed by atoms with Crippen LogP contribution in [0.25, 0.3) is 76.8 Å². The zero-order valence-electron chi connectivity index (χ0n) is 38.1. The molecule has 0 fully saturated rings. The second-order valence-corrected chi connectivity index (χ2v) is 17.7. The van der Waals surface area contributed by atoms with Crippen molar-refractivity contribution >= 4 is 66.4 Å². The Morgan fingerprint density at radius 3 is 0.926 bits per heavy atom. The highest BCUT2D eigenvalue weighted by molar-refractivity contribution is 6.32. The van der Waals surface area contributed by atoms with E-state index in [0.717, 1.165) is 34.1 Å². The lowest BCUT2D eigenvalue weighted by molar-refractivity contribution is 1.24. The van der Waals surface area contributed by atoms with E-state index in [1.807, 2.05) is 0 Å². The van der Waals surface area contributed by atoms with E-state index in [9.17, 15) is 0 Å². The normalized spacial score (nSPS) is 11.4. The van der Waals surface area contributed by atoms with Gasteiger partial charge in [0, 0.05) is 38.7 Å². The number of benzene rings is 12. The number of hydrogen-bond donors (Lipinski definition) is 0. The van der Waals surface area contributed by atoms with Gasteiger partial charge in [-0.2, -0.15) is 0 Å². The quantitative estimate of drug-likeness (QED) is 0.126. The molecule has 0 atom stereocenters. The predicted molar refractivity (Wildman–Crippen MR) is 291 cm³/mol. The van der Waals surface area contributed by atoms with Gasteiger partial charge in [-0.1, -0.05) is 218 Å². The minimum absolute atomic E-state index is 1.09. The molecule has 0 radical (unpaired) electrons. The second kappa shape index (κ2) is 17.3. The fourth-order valence-electron chi connectivity index (χ4n) is 10.6. The average Bonchev–Trinajstić information content (AvgIpc) is 3.41. The Morgan fingerprint density at radius 1 is 0.250 bits per heavy atom. The van der Waals surface area contributed by atoms with E-state index in [1.54, 1.807) is 0 Å². The van der Waals surface area contributed by atoms with Crippen molar-refractivity contribution in [3.63, 3.8) is 0 Å². The predicted octanol–water partition coefficient (Wildman–Crippen LogP) is 18.8. The van der Waals surface area contributed by atoms with Crippen LogP contribution in [-0.4, -0.2) is 0 Å². The van der Waals surface area contributed by atoms with Crippen LogP contribution in [-0.2, 0) is 0 Å². The lowest BCUT2D eigenvalue weighted by Gasteiger charge is -2.35. The molecule has 0 spiro atoms. The largest absolute Gasteiger partial charge is 0.309 e. The van der Waals surface area contributed by atoms with Gasteiger partial charge in [0.15, 0.2) is 0 Å². The zero-order chi connectivity index (χ0) is 45.6. The van der Waals surface area contributed by atoms with Crippen molar-refractivity contribution in [2.45, 2.75) is 13.8 Å². The first-order chi connectivity index (χ1) is 33.6. The van der Waals surface area contributed by atoms with Crippen molar-refractivity contribution in [2.75, 3.05) is 9.80 Å². The number of rotatable bonds is 10. The molecule has 0 aliphatic heterocycles. The number of anilines is 6. The van der Waals surface area contributed by atoms with Gasteiger partial charge in [0.05, 0.1) is 22.7 Å². The van der Waals surface area contributed by atoms with Crippen molar-refractivity contribution < 1.29 is 0 Å². The number of aryl methyl sites for hydroxylation is 2. The van der Waals surface area contributed by atoms with Gasteiger partial charge in [-0.25, -0.2) is 0 Å². The molecule has 0 saturated carbocycles. The summed E-state index contributed by atoms with van der Waals surface area (Å²) in [5, 5.41) is 7.30. The van der Waals surface area contributed by atoms with Crippen LogP contribution in [0.4, 0.5) is 34.1 Å². The van der Waals surface area contributed by atoms with Crippen LogP contribution < -0.4 is 9.80 Å². The van der Waals surface area contributed by atoms with E-state index in [0.29, 0.717) is 0 Å². The van der Waals surface area contributed by atoms with Crippen molar-refractivity contribution in [2.24, 2.45) is 0 Å². The van der Waals surface area contributed by atoms with Crippen LogP contribution in [0.2, 0.25) is 0 Å². The molecular formula is C66H48N2. The molecule has 0 heterocycles. The van der Waals surface area contributed by atoms with E-state index in [1.165, 1.54) is 88.0 Å². The molecular weight excluding hydrogens is 821 g/mol. The zero-order valence-corrected chi connectivity index (χ0v) is 38.1. The van der Waals surface area contributed by atoms with Gasteiger partial charge < -0.3 is 9.80 Å². The monoisotopic (exact) mass is 868 g/mol. The molecule has 2 nitrogen and oxygen atoms in total. The summed E-state index contributed by atoms with van der Waals surface area (Å²) in [6.45, 7) is 4.51. The lowest BCUT2D eigenvalue weighted by atomic mass is 9.84. The highest BCUT2D eigenvalue weighted by Gasteiger charge is 2.29. The van der Waals surface area contributed by atoms with E-state index in [2.05, 4.69) is 278 Å². The highest BCUT2D eigenvalue weighted by Crippen LogP contribution is 2.55. The molecule has 0 unspecified atom stereocenters. The van der Waals surface area contributed by atoms with E-state index in [4.69, 9.17) is 0 Å². The lowest BCUT2D eigenvalue weighted by Crippen LogP contribution is -2.17. The van der Waals surface area contributed by atoms with Gasteiger partial charge in [-0.15, -0.1) is 0 Å². The number of para-hydroxylation sites is 4. The van der Waals surface area contributed by atoms with Crippen LogP contribution in [0.3, 0.4) is 0 Å². The Kier molecular flexibility index (Phi) is 10.3. The summed E-state index contributed by atoms with van der Waals surface area (Å²) < 4.78 is 0. The van der Waals surface area contributed by atoms with Crippen LogP contribution in [0.5, 0.6) is 0 Å². The summed E-state index contributed by atoms with van der Waals surface area (Å²) in [4.78, 5) is 5.06. The maximum atomic E-state index is 2.53. The van der Waals surface area contributed by atoms with E-state index < -0.39 is 0 Å². The van der Waals surface area contributed by atoms with Gasteiger partial charge in [0.25, 0.3) is 0 Å². The van der Waals surface area contributed by atoms with E-state index in [-0.39, 0.29) is 0 Å². The average molecular weight is 869 g/mol. The third-order valence-corrected chi connectivity index (χ3v) is 13.6.